The molecular formula is C13H24N2O4S2. The largest absolute Gasteiger partial charge is 0.214 e. The molecule has 0 amide bonds. The molecular weight excluding hydrogens is 312 g/mol. The maximum absolute atomic E-state index is 12.2. The van der Waals surface area contributed by atoms with Crippen molar-refractivity contribution in [3.8, 4) is 0 Å². The molecule has 1 aliphatic heterocycles. The monoisotopic (exact) mass is 336 g/mol. The zero-order chi connectivity index (χ0) is 16.1. The third-order valence-corrected chi connectivity index (χ3v) is 7.32. The summed E-state index contributed by atoms with van der Waals surface area (Å²) in [4.78, 5) is 0. The summed E-state index contributed by atoms with van der Waals surface area (Å²) in [6.07, 6.45) is 3.93. The van der Waals surface area contributed by atoms with Crippen molar-refractivity contribution in [2.75, 3.05) is 31.1 Å². The fourth-order valence-corrected chi connectivity index (χ4v) is 5.48. The number of nitrogens with zero attached hydrogens (tertiary/aromatic N) is 2. The summed E-state index contributed by atoms with van der Waals surface area (Å²) >= 11 is 0. The lowest BCUT2D eigenvalue weighted by molar-refractivity contribution is 0.213. The van der Waals surface area contributed by atoms with Crippen molar-refractivity contribution < 1.29 is 16.8 Å². The van der Waals surface area contributed by atoms with Crippen LogP contribution in [0.4, 0.5) is 0 Å². The fourth-order valence-electron chi connectivity index (χ4n) is 2.28. The van der Waals surface area contributed by atoms with Crippen molar-refractivity contribution >= 4 is 20.0 Å². The van der Waals surface area contributed by atoms with Crippen LogP contribution in [0.15, 0.2) is 25.3 Å². The zero-order valence-corrected chi connectivity index (χ0v) is 14.1. The van der Waals surface area contributed by atoms with Crippen molar-refractivity contribution in [2.45, 2.75) is 25.8 Å². The molecule has 6 nitrogen and oxygen atoms in total. The summed E-state index contributed by atoms with van der Waals surface area (Å²) in [5.41, 5.74) is 0. The molecule has 8 heteroatoms. The Hall–Kier alpha value is -0.700. The quantitative estimate of drug-likeness (QED) is 0.615. The van der Waals surface area contributed by atoms with E-state index >= 15 is 0 Å². The van der Waals surface area contributed by atoms with Crippen molar-refractivity contribution in [1.82, 2.24) is 8.61 Å². The molecule has 1 rings (SSSR count). The van der Waals surface area contributed by atoms with E-state index in [0.29, 0.717) is 12.8 Å². The van der Waals surface area contributed by atoms with Gasteiger partial charge in [0.25, 0.3) is 0 Å². The molecule has 0 aromatic rings. The maximum Gasteiger partial charge on any atom is 0.214 e. The first kappa shape index (κ1) is 18.3. The molecule has 1 saturated heterocycles. The van der Waals surface area contributed by atoms with Crippen LogP contribution >= 0.6 is 0 Å². The second-order valence-corrected chi connectivity index (χ2v) is 9.23. The zero-order valence-electron chi connectivity index (χ0n) is 12.4. The number of allylic oxidation sites excluding steroid dienone is 2. The Morgan fingerprint density at radius 1 is 1.00 bits per heavy atom. The minimum atomic E-state index is -3.36. The van der Waals surface area contributed by atoms with Crippen molar-refractivity contribution in [2.24, 2.45) is 0 Å². The molecule has 0 aliphatic carbocycles. The smallest absolute Gasteiger partial charge is 0.212 e. The summed E-state index contributed by atoms with van der Waals surface area (Å²) < 4.78 is 51.4. The lowest BCUT2D eigenvalue weighted by atomic mass is 10.3. The van der Waals surface area contributed by atoms with Crippen LogP contribution in [0.5, 0.6) is 0 Å². The molecule has 1 heterocycles. The van der Waals surface area contributed by atoms with Crippen LogP contribution in [0, 0.1) is 0 Å². The van der Waals surface area contributed by atoms with E-state index in [0.717, 1.165) is 0 Å². The van der Waals surface area contributed by atoms with Crippen LogP contribution in [0.25, 0.3) is 0 Å². The molecule has 1 fully saturated rings. The molecule has 122 valence electrons. The van der Waals surface area contributed by atoms with Gasteiger partial charge >= 0.3 is 0 Å². The summed E-state index contributed by atoms with van der Waals surface area (Å²) in [7, 11) is -6.70. The Morgan fingerprint density at radius 2 is 1.52 bits per heavy atom. The number of hydrogen-bond acceptors (Lipinski definition) is 4. The van der Waals surface area contributed by atoms with Gasteiger partial charge < -0.3 is 0 Å². The lowest BCUT2D eigenvalue weighted by Crippen LogP contribution is -2.56. The highest BCUT2D eigenvalue weighted by Crippen LogP contribution is 2.18. The predicted molar refractivity (Wildman–Crippen MR) is 84.9 cm³/mol. The number of hydrogen-bond donors (Lipinski definition) is 0. The molecule has 0 radical (unpaired) electrons. The van der Waals surface area contributed by atoms with E-state index in [1.165, 1.54) is 8.61 Å². The average Bonchev–Trinajstić information content (AvgIpc) is 2.42. The average molecular weight is 336 g/mol. The molecule has 0 aromatic heterocycles. The van der Waals surface area contributed by atoms with Crippen molar-refractivity contribution in [3.05, 3.63) is 25.3 Å². The standard InChI is InChI=1S/C13H24N2O4S2/c1-4-6-10-20(16,17)14-8-9-15(13(3)12-14)21(18,19)11-7-5-2/h4-5,13H,1-2,6-12H2,3H3. The van der Waals surface area contributed by atoms with Gasteiger partial charge in [0.1, 0.15) is 0 Å². The van der Waals surface area contributed by atoms with Gasteiger partial charge in [-0.1, -0.05) is 12.2 Å². The third-order valence-electron chi connectivity index (χ3n) is 3.44. The van der Waals surface area contributed by atoms with E-state index < -0.39 is 20.0 Å². The van der Waals surface area contributed by atoms with Crippen LogP contribution in [-0.2, 0) is 20.0 Å². The van der Waals surface area contributed by atoms with Gasteiger partial charge in [-0.3, -0.25) is 0 Å². The van der Waals surface area contributed by atoms with Crippen LogP contribution in [0.3, 0.4) is 0 Å². The molecule has 1 aliphatic rings. The Morgan fingerprint density at radius 3 is 2.00 bits per heavy atom. The fraction of sp³-hybridized carbons (Fsp3) is 0.692. The van der Waals surface area contributed by atoms with Gasteiger partial charge in [-0.15, -0.1) is 13.2 Å². The van der Waals surface area contributed by atoms with Gasteiger partial charge in [-0.05, 0) is 19.8 Å². The highest BCUT2D eigenvalue weighted by Gasteiger charge is 2.35. The minimum absolute atomic E-state index is 0.0179. The maximum atomic E-state index is 12.2. The Kier molecular flexibility index (Phi) is 6.58. The Balaban J connectivity index is 2.74. The number of piperazine rings is 1. The topological polar surface area (TPSA) is 74.8 Å². The van der Waals surface area contributed by atoms with Gasteiger partial charge in [0.15, 0.2) is 0 Å². The van der Waals surface area contributed by atoms with E-state index in [-0.39, 0.29) is 37.2 Å². The second-order valence-electron chi connectivity index (χ2n) is 5.10. The first-order valence-corrected chi connectivity index (χ1v) is 10.2. The van der Waals surface area contributed by atoms with Gasteiger partial charge in [-0.25, -0.2) is 16.8 Å². The molecule has 1 unspecified atom stereocenters. The lowest BCUT2D eigenvalue weighted by Gasteiger charge is -2.38. The number of sulfonamides is 2. The third kappa shape index (κ3) is 4.91. The van der Waals surface area contributed by atoms with Gasteiger partial charge in [-0.2, -0.15) is 8.61 Å². The summed E-state index contributed by atoms with van der Waals surface area (Å²) in [6.45, 7) is 9.39. The molecule has 21 heavy (non-hydrogen) atoms. The highest BCUT2D eigenvalue weighted by atomic mass is 32.2. The van der Waals surface area contributed by atoms with E-state index in [4.69, 9.17) is 0 Å². The van der Waals surface area contributed by atoms with Crippen LogP contribution in [-0.4, -0.2) is 62.6 Å². The second kappa shape index (κ2) is 7.53. The minimum Gasteiger partial charge on any atom is -0.212 e. The first-order chi connectivity index (χ1) is 9.74. The molecule has 0 aromatic carbocycles. The molecule has 0 spiro atoms. The van der Waals surface area contributed by atoms with E-state index in [9.17, 15) is 16.8 Å². The molecule has 0 N–H and O–H groups in total. The van der Waals surface area contributed by atoms with E-state index in [2.05, 4.69) is 13.2 Å². The predicted octanol–water partition coefficient (Wildman–Crippen LogP) is 0.804. The SMILES string of the molecule is C=CCCS(=O)(=O)N1CCN(S(=O)(=O)CCC=C)C(C)C1. The normalized spacial score (nSPS) is 22.0. The van der Waals surface area contributed by atoms with Crippen molar-refractivity contribution in [3.63, 3.8) is 0 Å². The van der Waals surface area contributed by atoms with Crippen molar-refractivity contribution in [1.29, 1.82) is 0 Å². The molecule has 1 atom stereocenters. The summed E-state index contributed by atoms with van der Waals surface area (Å²) in [5.74, 6) is 0.0382. The van der Waals surface area contributed by atoms with Crippen LogP contribution < -0.4 is 0 Å². The van der Waals surface area contributed by atoms with Gasteiger partial charge in [0, 0.05) is 25.7 Å². The van der Waals surface area contributed by atoms with Gasteiger partial charge in [0.2, 0.25) is 20.0 Å². The van der Waals surface area contributed by atoms with Crippen LogP contribution in [0.1, 0.15) is 19.8 Å². The molecule has 0 saturated carbocycles. The Labute approximate surface area is 128 Å². The molecule has 0 bridgehead atoms. The summed E-state index contributed by atoms with van der Waals surface area (Å²) in [5, 5.41) is 0. The van der Waals surface area contributed by atoms with Gasteiger partial charge in [0.05, 0.1) is 11.5 Å². The highest BCUT2D eigenvalue weighted by molar-refractivity contribution is 7.89. The van der Waals surface area contributed by atoms with Crippen LogP contribution in [0.2, 0.25) is 0 Å². The summed E-state index contributed by atoms with van der Waals surface area (Å²) in [6, 6.07) is -0.355. The Bertz CT molecular complexity index is 569. The number of rotatable bonds is 8. The first-order valence-electron chi connectivity index (χ1n) is 6.93. The van der Waals surface area contributed by atoms with E-state index in [1.807, 2.05) is 0 Å². The van der Waals surface area contributed by atoms with E-state index in [1.54, 1.807) is 19.1 Å².